The van der Waals surface area contributed by atoms with Gasteiger partial charge >= 0.3 is 11.8 Å². The Labute approximate surface area is 150 Å². The first-order valence-electron chi connectivity index (χ1n) is 9.18. The van der Waals surface area contributed by atoms with Crippen LogP contribution in [-0.4, -0.2) is 63.0 Å². The van der Waals surface area contributed by atoms with E-state index < -0.39 is 11.8 Å². The summed E-state index contributed by atoms with van der Waals surface area (Å²) in [7, 11) is 2.16. The second-order valence-electron chi connectivity index (χ2n) is 6.57. The second-order valence-corrected chi connectivity index (χ2v) is 6.57. The molecule has 2 amide bonds. The number of piperazine rings is 1. The van der Waals surface area contributed by atoms with Crippen molar-refractivity contribution >= 4 is 17.5 Å². The molecule has 1 saturated heterocycles. The Morgan fingerprint density at radius 2 is 1.56 bits per heavy atom. The number of amides is 2. The average Bonchev–Trinajstić information content (AvgIpc) is 2.64. The molecule has 1 aromatic carbocycles. The van der Waals surface area contributed by atoms with Gasteiger partial charge in [-0.2, -0.15) is 0 Å². The molecule has 2 N–H and O–H groups in total. The molecule has 6 heteroatoms. The zero-order valence-electron chi connectivity index (χ0n) is 15.4. The lowest BCUT2D eigenvalue weighted by Gasteiger charge is -2.34. The summed E-state index contributed by atoms with van der Waals surface area (Å²) in [5, 5.41) is 5.24. The highest BCUT2D eigenvalue weighted by atomic mass is 16.2. The number of carbonyl (C=O) groups excluding carboxylic acids is 2. The van der Waals surface area contributed by atoms with Gasteiger partial charge in [0.15, 0.2) is 0 Å². The molecule has 1 aliphatic heterocycles. The molecule has 0 saturated carbocycles. The van der Waals surface area contributed by atoms with E-state index >= 15 is 0 Å². The predicted octanol–water partition coefficient (Wildman–Crippen LogP) is 1.01. The molecule has 0 atom stereocenters. The van der Waals surface area contributed by atoms with E-state index in [2.05, 4.69) is 51.7 Å². The van der Waals surface area contributed by atoms with E-state index in [1.807, 2.05) is 6.92 Å². The van der Waals surface area contributed by atoms with E-state index in [4.69, 9.17) is 0 Å². The zero-order valence-corrected chi connectivity index (χ0v) is 15.4. The summed E-state index contributed by atoms with van der Waals surface area (Å²) in [5.41, 5.74) is 2.53. The van der Waals surface area contributed by atoms with Crippen LogP contribution >= 0.6 is 0 Å². The van der Waals surface area contributed by atoms with Crippen molar-refractivity contribution in [3.63, 3.8) is 0 Å². The van der Waals surface area contributed by atoms with Crippen molar-refractivity contribution in [3.8, 4) is 0 Å². The maximum Gasteiger partial charge on any atom is 0.309 e. The quantitative estimate of drug-likeness (QED) is 0.571. The van der Waals surface area contributed by atoms with Crippen molar-refractivity contribution in [3.05, 3.63) is 29.8 Å². The maximum absolute atomic E-state index is 11.6. The number of benzene rings is 1. The van der Waals surface area contributed by atoms with E-state index in [9.17, 15) is 9.59 Å². The van der Waals surface area contributed by atoms with E-state index in [-0.39, 0.29) is 0 Å². The van der Waals surface area contributed by atoms with Gasteiger partial charge in [0, 0.05) is 45.0 Å². The maximum atomic E-state index is 11.6. The number of hydrogen-bond acceptors (Lipinski definition) is 4. The van der Waals surface area contributed by atoms with E-state index in [1.54, 1.807) is 0 Å². The van der Waals surface area contributed by atoms with Gasteiger partial charge in [-0.1, -0.05) is 19.1 Å². The minimum Gasteiger partial charge on any atom is -0.369 e. The zero-order chi connectivity index (χ0) is 18.1. The van der Waals surface area contributed by atoms with Gasteiger partial charge in [0.2, 0.25) is 0 Å². The molecule has 0 bridgehead atoms. The van der Waals surface area contributed by atoms with Gasteiger partial charge in [0.05, 0.1) is 0 Å². The molecule has 1 heterocycles. The van der Waals surface area contributed by atoms with Crippen molar-refractivity contribution in [2.75, 3.05) is 51.2 Å². The fourth-order valence-electron chi connectivity index (χ4n) is 2.83. The fraction of sp³-hybridized carbons (Fsp3) is 0.579. The summed E-state index contributed by atoms with van der Waals surface area (Å²) in [6, 6.07) is 8.67. The minimum absolute atomic E-state index is 0.512. The van der Waals surface area contributed by atoms with E-state index in [0.717, 1.165) is 45.4 Å². The normalized spacial score (nSPS) is 15.0. The molecular weight excluding hydrogens is 316 g/mol. The van der Waals surface area contributed by atoms with Crippen molar-refractivity contribution in [1.82, 2.24) is 15.5 Å². The number of carbonyl (C=O) groups is 2. The highest BCUT2D eigenvalue weighted by molar-refractivity contribution is 6.35. The number of nitrogens with one attached hydrogen (secondary N) is 2. The van der Waals surface area contributed by atoms with Gasteiger partial charge in [-0.15, -0.1) is 0 Å². The number of likely N-dealkylation sites (N-methyl/N-ethyl adjacent to an activating group) is 1. The van der Waals surface area contributed by atoms with Gasteiger partial charge in [0.1, 0.15) is 0 Å². The molecule has 1 aromatic rings. The standard InChI is InChI=1S/C19H30N4O2/c1-3-10-20-18(24)19(25)21-11-4-5-16-6-8-17(9-7-16)23-14-12-22(2)13-15-23/h6-9H,3-5,10-15H2,1-2H3,(H,20,24)(H,21,25). The average molecular weight is 346 g/mol. The third-order valence-electron chi connectivity index (χ3n) is 4.47. The molecule has 0 aliphatic carbocycles. The van der Waals surface area contributed by atoms with E-state index in [1.165, 1.54) is 11.3 Å². The molecule has 0 spiro atoms. The first-order chi connectivity index (χ1) is 12.1. The fourth-order valence-corrected chi connectivity index (χ4v) is 2.83. The predicted molar refractivity (Wildman–Crippen MR) is 101 cm³/mol. The molecule has 1 aliphatic rings. The number of aryl methyl sites for hydroxylation is 1. The Kier molecular flexibility index (Phi) is 7.73. The van der Waals surface area contributed by atoms with Gasteiger partial charge < -0.3 is 20.4 Å². The Morgan fingerprint density at radius 1 is 0.960 bits per heavy atom. The third-order valence-corrected chi connectivity index (χ3v) is 4.47. The summed E-state index contributed by atoms with van der Waals surface area (Å²) >= 11 is 0. The minimum atomic E-state index is -0.543. The molecule has 138 valence electrons. The van der Waals surface area contributed by atoms with Crippen LogP contribution in [0.2, 0.25) is 0 Å². The molecule has 0 radical (unpaired) electrons. The summed E-state index contributed by atoms with van der Waals surface area (Å²) in [6.45, 7) is 7.35. The summed E-state index contributed by atoms with van der Waals surface area (Å²) in [4.78, 5) is 27.8. The van der Waals surface area contributed by atoms with Crippen molar-refractivity contribution in [1.29, 1.82) is 0 Å². The Morgan fingerprint density at radius 3 is 2.16 bits per heavy atom. The van der Waals surface area contributed by atoms with Gasteiger partial charge in [-0.25, -0.2) is 0 Å². The van der Waals surface area contributed by atoms with Crippen LogP contribution in [0.1, 0.15) is 25.3 Å². The topological polar surface area (TPSA) is 64.7 Å². The van der Waals surface area contributed by atoms with E-state index in [0.29, 0.717) is 13.1 Å². The van der Waals surface area contributed by atoms with Crippen LogP contribution in [0.5, 0.6) is 0 Å². The van der Waals surface area contributed by atoms with Crippen molar-refractivity contribution in [2.45, 2.75) is 26.2 Å². The monoisotopic (exact) mass is 346 g/mol. The molecule has 0 unspecified atom stereocenters. The summed E-state index contributed by atoms with van der Waals surface area (Å²) in [5.74, 6) is -1.09. The van der Waals surface area contributed by atoms with Gasteiger partial charge in [-0.05, 0) is 44.0 Å². The second kappa shape index (κ2) is 10.0. The number of anilines is 1. The molecule has 0 aromatic heterocycles. The largest absolute Gasteiger partial charge is 0.369 e. The Balaban J connectivity index is 1.68. The SMILES string of the molecule is CCCNC(=O)C(=O)NCCCc1ccc(N2CCN(C)CC2)cc1. The summed E-state index contributed by atoms with van der Waals surface area (Å²) in [6.07, 6.45) is 2.53. The van der Waals surface area contributed by atoms with Crippen molar-refractivity contribution in [2.24, 2.45) is 0 Å². The molecule has 6 nitrogen and oxygen atoms in total. The van der Waals surface area contributed by atoms with Gasteiger partial charge in [-0.3, -0.25) is 9.59 Å². The van der Waals surface area contributed by atoms with Gasteiger partial charge in [0.25, 0.3) is 0 Å². The van der Waals surface area contributed by atoms with Crippen LogP contribution in [0.25, 0.3) is 0 Å². The lowest BCUT2D eigenvalue weighted by molar-refractivity contribution is -0.139. The number of nitrogens with zero attached hydrogens (tertiary/aromatic N) is 2. The lowest BCUT2D eigenvalue weighted by Crippen LogP contribution is -2.44. The molecule has 2 rings (SSSR count). The van der Waals surface area contributed by atoms with Crippen LogP contribution in [0, 0.1) is 0 Å². The van der Waals surface area contributed by atoms with Crippen LogP contribution < -0.4 is 15.5 Å². The molecule has 25 heavy (non-hydrogen) atoms. The molecule has 1 fully saturated rings. The smallest absolute Gasteiger partial charge is 0.309 e. The number of rotatable bonds is 7. The Bertz CT molecular complexity index is 551. The lowest BCUT2D eigenvalue weighted by atomic mass is 10.1. The van der Waals surface area contributed by atoms with Crippen LogP contribution in [-0.2, 0) is 16.0 Å². The highest BCUT2D eigenvalue weighted by Gasteiger charge is 2.14. The number of hydrogen-bond donors (Lipinski definition) is 2. The van der Waals surface area contributed by atoms with Crippen LogP contribution in [0.4, 0.5) is 5.69 Å². The van der Waals surface area contributed by atoms with Crippen LogP contribution in [0.15, 0.2) is 24.3 Å². The third kappa shape index (κ3) is 6.38. The highest BCUT2D eigenvalue weighted by Crippen LogP contribution is 2.17. The summed E-state index contributed by atoms with van der Waals surface area (Å²) < 4.78 is 0. The Hall–Kier alpha value is -2.08. The van der Waals surface area contributed by atoms with Crippen LogP contribution in [0.3, 0.4) is 0 Å². The molecular formula is C19H30N4O2. The van der Waals surface area contributed by atoms with Crippen molar-refractivity contribution < 1.29 is 9.59 Å². The first-order valence-corrected chi connectivity index (χ1v) is 9.18. The first kappa shape index (κ1) is 19.2.